The van der Waals surface area contributed by atoms with Crippen molar-refractivity contribution in [1.29, 1.82) is 0 Å². The molecule has 1 amide bonds. The highest BCUT2D eigenvalue weighted by Crippen LogP contribution is 2.33. The quantitative estimate of drug-likeness (QED) is 0.120. The molecule has 0 unspecified atom stereocenters. The first-order valence-corrected chi connectivity index (χ1v) is 15.7. The molecule has 0 saturated carbocycles. The van der Waals surface area contributed by atoms with Crippen LogP contribution in [0.4, 0.5) is 16.5 Å². The number of benzene rings is 4. The zero-order valence-corrected chi connectivity index (χ0v) is 24.6. The van der Waals surface area contributed by atoms with Crippen molar-refractivity contribution >= 4 is 60.2 Å². The molecule has 0 aliphatic carbocycles. The normalized spacial score (nSPS) is 13.3. The van der Waals surface area contributed by atoms with Crippen molar-refractivity contribution in [3.8, 4) is 0 Å². The summed E-state index contributed by atoms with van der Waals surface area (Å²) < 4.78 is 29.5. The lowest BCUT2D eigenvalue weighted by Gasteiger charge is -2.30. The summed E-state index contributed by atoms with van der Waals surface area (Å²) in [5.41, 5.74) is 4.11. The number of anilines is 2. The van der Waals surface area contributed by atoms with Crippen LogP contribution in [0.5, 0.6) is 0 Å². The van der Waals surface area contributed by atoms with Gasteiger partial charge in [-0.1, -0.05) is 35.6 Å². The molecule has 0 bridgehead atoms. The molecule has 0 radical (unpaired) electrons. The van der Waals surface area contributed by atoms with Crippen LogP contribution in [0.1, 0.15) is 33.5 Å². The average molecular weight is 612 g/mol. The van der Waals surface area contributed by atoms with Crippen molar-refractivity contribution < 1.29 is 18.1 Å². The third-order valence-electron chi connectivity index (χ3n) is 7.09. The van der Waals surface area contributed by atoms with Gasteiger partial charge in [-0.15, -0.1) is 0 Å². The Kier molecular flexibility index (Phi) is 7.46. The van der Waals surface area contributed by atoms with Gasteiger partial charge in [-0.05, 0) is 91.1 Å². The number of carbonyl (C=O) groups is 1. The molecule has 5 aromatic rings. The minimum Gasteiger partial charge on any atom is -0.267 e. The van der Waals surface area contributed by atoms with Crippen LogP contribution in [0, 0.1) is 17.0 Å². The summed E-state index contributed by atoms with van der Waals surface area (Å²) in [6, 6.07) is 24.8. The molecule has 6 rings (SSSR count). The van der Waals surface area contributed by atoms with Crippen LogP contribution < -0.4 is 9.31 Å². The first kappa shape index (κ1) is 28.2. The zero-order valence-electron chi connectivity index (χ0n) is 23.0. The van der Waals surface area contributed by atoms with E-state index in [2.05, 4.69) is 10.1 Å². The number of hydrogen-bond acceptors (Lipinski definition) is 8. The number of thiazole rings is 1. The van der Waals surface area contributed by atoms with E-state index in [-0.39, 0.29) is 16.1 Å². The molecule has 2 heterocycles. The number of amides is 1. The fraction of sp³-hybridized carbons (Fsp3) is 0.129. The largest absolute Gasteiger partial charge is 0.280 e. The monoisotopic (exact) mass is 611 g/mol. The van der Waals surface area contributed by atoms with E-state index in [0.29, 0.717) is 28.4 Å². The van der Waals surface area contributed by atoms with Crippen LogP contribution in [-0.4, -0.2) is 37.0 Å². The summed E-state index contributed by atoms with van der Waals surface area (Å²) in [7, 11) is -3.85. The zero-order chi connectivity index (χ0) is 30.1. The minimum atomic E-state index is -3.85. The number of carbonyl (C=O) groups excluding carboxylic acids is 1. The van der Waals surface area contributed by atoms with Gasteiger partial charge in [-0.2, -0.15) is 10.1 Å². The van der Waals surface area contributed by atoms with E-state index in [4.69, 9.17) is 0 Å². The van der Waals surface area contributed by atoms with E-state index in [9.17, 15) is 23.3 Å². The Bertz CT molecular complexity index is 1990. The van der Waals surface area contributed by atoms with Crippen LogP contribution in [0.2, 0.25) is 0 Å². The number of nitro groups is 1. The van der Waals surface area contributed by atoms with E-state index in [1.807, 2.05) is 49.4 Å². The standard InChI is InChI=1S/C31H25N5O5S2/c1-21-8-17-27-29(19-21)42-31(33-27)35(32-20-22-9-13-25(14-10-22)36(38)39)30(37)24-11-15-26(16-12-24)43(40,41)34-18-4-6-23-5-2-3-7-28(23)34/h2-3,5,7-17,19-20H,4,6,18H2,1H3/b32-20+. The highest BCUT2D eigenvalue weighted by molar-refractivity contribution is 7.92. The number of para-hydroxylation sites is 1. The van der Waals surface area contributed by atoms with Crippen LogP contribution in [-0.2, 0) is 16.4 Å². The molecule has 12 heteroatoms. The number of aromatic nitrogens is 1. The number of rotatable bonds is 7. The van der Waals surface area contributed by atoms with Gasteiger partial charge < -0.3 is 0 Å². The fourth-order valence-electron chi connectivity index (χ4n) is 4.87. The van der Waals surface area contributed by atoms with E-state index < -0.39 is 20.9 Å². The number of nitrogens with zero attached hydrogens (tertiary/aromatic N) is 5. The molecule has 0 fully saturated rings. The second-order valence-corrected chi connectivity index (χ2v) is 12.9. The molecule has 4 aromatic carbocycles. The van der Waals surface area contributed by atoms with Crippen LogP contribution >= 0.6 is 11.3 Å². The third-order valence-corrected chi connectivity index (χ3v) is 9.91. The number of fused-ring (bicyclic) bond motifs is 2. The molecule has 216 valence electrons. The Balaban J connectivity index is 1.33. The molecule has 0 atom stereocenters. The second kappa shape index (κ2) is 11.4. The molecule has 1 aliphatic rings. The predicted octanol–water partition coefficient (Wildman–Crippen LogP) is 6.34. The van der Waals surface area contributed by atoms with E-state index >= 15 is 0 Å². The van der Waals surface area contributed by atoms with Gasteiger partial charge in [0, 0.05) is 24.2 Å². The van der Waals surface area contributed by atoms with Crippen molar-refractivity contribution in [2.45, 2.75) is 24.7 Å². The minimum absolute atomic E-state index is 0.0605. The number of sulfonamides is 1. The van der Waals surface area contributed by atoms with Gasteiger partial charge in [0.25, 0.3) is 21.6 Å². The molecule has 10 nitrogen and oxygen atoms in total. The SMILES string of the molecule is Cc1ccc2nc(N(/N=C/c3ccc([N+](=O)[O-])cc3)C(=O)c3ccc(S(=O)(=O)N4CCCc5ccccc54)cc3)sc2c1. The molecule has 1 aromatic heterocycles. The van der Waals surface area contributed by atoms with Gasteiger partial charge in [-0.3, -0.25) is 19.2 Å². The predicted molar refractivity (Wildman–Crippen MR) is 168 cm³/mol. The average Bonchev–Trinajstić information content (AvgIpc) is 3.44. The fourth-order valence-corrected chi connectivity index (χ4v) is 7.43. The Hall–Kier alpha value is -4.94. The van der Waals surface area contributed by atoms with Gasteiger partial charge in [-0.25, -0.2) is 13.4 Å². The Morgan fingerprint density at radius 1 is 1.05 bits per heavy atom. The summed E-state index contributed by atoms with van der Waals surface area (Å²) in [5, 5.41) is 16.9. The summed E-state index contributed by atoms with van der Waals surface area (Å²) in [5.74, 6) is -0.513. The topological polar surface area (TPSA) is 126 Å². The maximum Gasteiger partial charge on any atom is 0.280 e. The number of nitro benzene ring substituents is 1. The van der Waals surface area contributed by atoms with E-state index in [1.165, 1.54) is 70.4 Å². The van der Waals surface area contributed by atoms with Crippen molar-refractivity contribution in [2.24, 2.45) is 5.10 Å². The number of non-ortho nitro benzene ring substituents is 1. The van der Waals surface area contributed by atoms with Gasteiger partial charge in [0.1, 0.15) is 0 Å². The van der Waals surface area contributed by atoms with Gasteiger partial charge in [0.15, 0.2) is 0 Å². The van der Waals surface area contributed by atoms with Crippen molar-refractivity contribution in [1.82, 2.24) is 4.98 Å². The molecule has 0 saturated heterocycles. The Morgan fingerprint density at radius 3 is 2.53 bits per heavy atom. The summed E-state index contributed by atoms with van der Waals surface area (Å²) >= 11 is 1.29. The van der Waals surface area contributed by atoms with Gasteiger partial charge in [0.05, 0.1) is 31.9 Å². The molecule has 0 spiro atoms. The van der Waals surface area contributed by atoms with Crippen molar-refractivity contribution in [3.63, 3.8) is 0 Å². The lowest BCUT2D eigenvalue weighted by atomic mass is 10.0. The number of hydrogen-bond donors (Lipinski definition) is 0. The first-order chi connectivity index (χ1) is 20.7. The maximum atomic E-state index is 13.8. The smallest absolute Gasteiger partial charge is 0.267 e. The van der Waals surface area contributed by atoms with Crippen LogP contribution in [0.25, 0.3) is 10.2 Å². The van der Waals surface area contributed by atoms with Crippen molar-refractivity contribution in [2.75, 3.05) is 15.9 Å². The van der Waals surface area contributed by atoms with Gasteiger partial charge in [0.2, 0.25) is 5.13 Å². The molecule has 0 N–H and O–H groups in total. The van der Waals surface area contributed by atoms with Crippen molar-refractivity contribution in [3.05, 3.63) is 123 Å². The summed E-state index contributed by atoms with van der Waals surface area (Å²) in [6.07, 6.45) is 2.96. The highest BCUT2D eigenvalue weighted by atomic mass is 32.2. The van der Waals surface area contributed by atoms with Crippen LogP contribution in [0.15, 0.2) is 101 Å². The van der Waals surface area contributed by atoms with E-state index in [1.54, 1.807) is 0 Å². The number of aryl methyl sites for hydroxylation is 2. The first-order valence-electron chi connectivity index (χ1n) is 13.4. The Morgan fingerprint density at radius 2 is 1.79 bits per heavy atom. The summed E-state index contributed by atoms with van der Waals surface area (Å²) in [6.45, 7) is 2.34. The molecular formula is C31H25N5O5S2. The maximum absolute atomic E-state index is 13.8. The Labute approximate surface area is 251 Å². The highest BCUT2D eigenvalue weighted by Gasteiger charge is 2.29. The lowest BCUT2D eigenvalue weighted by molar-refractivity contribution is -0.384. The van der Waals surface area contributed by atoms with E-state index in [0.717, 1.165) is 33.7 Å². The lowest BCUT2D eigenvalue weighted by Crippen LogP contribution is -2.35. The molecular weight excluding hydrogens is 587 g/mol. The van der Waals surface area contributed by atoms with Crippen LogP contribution in [0.3, 0.4) is 0 Å². The van der Waals surface area contributed by atoms with Gasteiger partial charge >= 0.3 is 0 Å². The molecule has 1 aliphatic heterocycles. The summed E-state index contributed by atoms with van der Waals surface area (Å²) in [4.78, 5) is 29.0. The third kappa shape index (κ3) is 5.62. The number of hydrazone groups is 1. The molecule has 43 heavy (non-hydrogen) atoms. The second-order valence-electron chi connectivity index (χ2n) is 10.0.